The van der Waals surface area contributed by atoms with Gasteiger partial charge in [0.1, 0.15) is 5.75 Å². The Kier molecular flexibility index (Phi) is 4.31. The van der Waals surface area contributed by atoms with E-state index in [2.05, 4.69) is 13.8 Å². The Morgan fingerprint density at radius 1 is 0.960 bits per heavy atom. The molecule has 1 N–H and O–H groups in total. The summed E-state index contributed by atoms with van der Waals surface area (Å²) in [6.45, 7) is 4.13. The molecule has 0 bridgehead atoms. The van der Waals surface area contributed by atoms with Crippen molar-refractivity contribution in [3.8, 4) is 5.75 Å². The van der Waals surface area contributed by atoms with Gasteiger partial charge < -0.3 is 9.84 Å². The van der Waals surface area contributed by atoms with Gasteiger partial charge in [-0.1, -0.05) is 44.2 Å². The SMILES string of the molecule is COc1ccccc1C1=C(O)C(=O)N(c2ccc(C(C)C)cc2)C1=O. The Balaban J connectivity index is 2.02. The zero-order valence-corrected chi connectivity index (χ0v) is 14.3. The largest absolute Gasteiger partial charge is 0.502 e. The minimum Gasteiger partial charge on any atom is -0.502 e. The number of nitrogens with zero attached hydrogens (tertiary/aromatic N) is 1. The van der Waals surface area contributed by atoms with E-state index >= 15 is 0 Å². The number of anilines is 1. The summed E-state index contributed by atoms with van der Waals surface area (Å²) < 4.78 is 5.25. The number of para-hydroxylation sites is 1. The smallest absolute Gasteiger partial charge is 0.301 e. The van der Waals surface area contributed by atoms with Crippen molar-refractivity contribution in [3.05, 3.63) is 65.4 Å². The van der Waals surface area contributed by atoms with Gasteiger partial charge in [0.2, 0.25) is 0 Å². The molecule has 2 aromatic carbocycles. The average Bonchev–Trinajstić information content (AvgIpc) is 2.84. The number of aliphatic hydroxyl groups excluding tert-OH is 1. The normalized spacial score (nSPS) is 14.6. The summed E-state index contributed by atoms with van der Waals surface area (Å²) in [4.78, 5) is 26.3. The summed E-state index contributed by atoms with van der Waals surface area (Å²) in [6, 6.07) is 14.0. The Morgan fingerprint density at radius 2 is 1.60 bits per heavy atom. The van der Waals surface area contributed by atoms with Gasteiger partial charge in [0.25, 0.3) is 5.91 Å². The Hall–Kier alpha value is -3.08. The highest BCUT2D eigenvalue weighted by molar-refractivity contribution is 6.45. The first-order valence-corrected chi connectivity index (χ1v) is 8.01. The van der Waals surface area contributed by atoms with Gasteiger partial charge in [-0.3, -0.25) is 9.59 Å². The van der Waals surface area contributed by atoms with Crippen LogP contribution in [-0.2, 0) is 9.59 Å². The van der Waals surface area contributed by atoms with Crippen molar-refractivity contribution in [2.24, 2.45) is 0 Å². The van der Waals surface area contributed by atoms with Crippen molar-refractivity contribution in [2.75, 3.05) is 12.0 Å². The van der Waals surface area contributed by atoms with Crippen molar-refractivity contribution in [3.63, 3.8) is 0 Å². The van der Waals surface area contributed by atoms with Crippen LogP contribution in [0.5, 0.6) is 5.75 Å². The lowest BCUT2D eigenvalue weighted by atomic mass is 10.0. The molecule has 1 heterocycles. The van der Waals surface area contributed by atoms with Gasteiger partial charge in [-0.25, -0.2) is 4.90 Å². The number of amides is 2. The number of carbonyl (C=O) groups excluding carboxylic acids is 2. The van der Waals surface area contributed by atoms with Crippen LogP contribution in [0.25, 0.3) is 5.57 Å². The maximum Gasteiger partial charge on any atom is 0.301 e. The highest BCUT2D eigenvalue weighted by Crippen LogP contribution is 2.36. The van der Waals surface area contributed by atoms with Gasteiger partial charge in [0.05, 0.1) is 18.4 Å². The molecule has 2 aromatic rings. The van der Waals surface area contributed by atoms with E-state index in [1.807, 2.05) is 12.1 Å². The number of hydrogen-bond acceptors (Lipinski definition) is 4. The molecule has 0 atom stereocenters. The maximum absolute atomic E-state index is 12.8. The van der Waals surface area contributed by atoms with Crippen molar-refractivity contribution in [1.29, 1.82) is 0 Å². The summed E-state index contributed by atoms with van der Waals surface area (Å²) in [5, 5.41) is 10.3. The highest BCUT2D eigenvalue weighted by Gasteiger charge is 2.41. The van der Waals surface area contributed by atoms with Gasteiger partial charge in [-0.15, -0.1) is 0 Å². The lowest BCUT2D eigenvalue weighted by Crippen LogP contribution is -2.31. The number of benzene rings is 2. The third kappa shape index (κ3) is 2.78. The topological polar surface area (TPSA) is 66.8 Å². The van der Waals surface area contributed by atoms with Crippen LogP contribution in [0.3, 0.4) is 0 Å². The van der Waals surface area contributed by atoms with E-state index in [-0.39, 0.29) is 5.57 Å². The molecule has 3 rings (SSSR count). The second-order valence-corrected chi connectivity index (χ2v) is 6.12. The fraction of sp³-hybridized carbons (Fsp3) is 0.200. The molecule has 0 unspecified atom stereocenters. The molecule has 0 fully saturated rings. The summed E-state index contributed by atoms with van der Waals surface area (Å²) in [5.41, 5.74) is 1.87. The fourth-order valence-corrected chi connectivity index (χ4v) is 2.85. The summed E-state index contributed by atoms with van der Waals surface area (Å²) in [5.74, 6) is -1.10. The van der Waals surface area contributed by atoms with Crippen LogP contribution >= 0.6 is 0 Å². The molecule has 0 saturated heterocycles. The number of rotatable bonds is 4. The molecule has 25 heavy (non-hydrogen) atoms. The van der Waals surface area contributed by atoms with Crippen LogP contribution in [0.1, 0.15) is 30.9 Å². The van der Waals surface area contributed by atoms with E-state index in [0.29, 0.717) is 22.9 Å². The quantitative estimate of drug-likeness (QED) is 0.865. The third-order valence-corrected chi connectivity index (χ3v) is 4.25. The monoisotopic (exact) mass is 337 g/mol. The molecule has 1 aliphatic rings. The lowest BCUT2D eigenvalue weighted by molar-refractivity contribution is -0.121. The van der Waals surface area contributed by atoms with E-state index in [4.69, 9.17) is 4.74 Å². The second kappa shape index (κ2) is 6.43. The minimum atomic E-state index is -0.733. The number of carbonyl (C=O) groups is 2. The van der Waals surface area contributed by atoms with Crippen LogP contribution in [0, 0.1) is 0 Å². The first kappa shape index (κ1) is 16.8. The predicted octanol–water partition coefficient (Wildman–Crippen LogP) is 3.66. The molecule has 0 saturated carbocycles. The average molecular weight is 337 g/mol. The first-order valence-electron chi connectivity index (χ1n) is 8.01. The highest BCUT2D eigenvalue weighted by atomic mass is 16.5. The molecular weight excluding hydrogens is 318 g/mol. The van der Waals surface area contributed by atoms with Crippen molar-refractivity contribution >= 4 is 23.1 Å². The molecule has 0 spiro atoms. The lowest BCUT2D eigenvalue weighted by Gasteiger charge is -2.16. The van der Waals surface area contributed by atoms with E-state index < -0.39 is 17.6 Å². The number of ether oxygens (including phenoxy) is 1. The van der Waals surface area contributed by atoms with Gasteiger partial charge >= 0.3 is 5.91 Å². The number of hydrogen-bond donors (Lipinski definition) is 1. The Labute approximate surface area is 146 Å². The second-order valence-electron chi connectivity index (χ2n) is 6.12. The van der Waals surface area contributed by atoms with Crippen molar-refractivity contribution in [2.45, 2.75) is 19.8 Å². The summed E-state index contributed by atoms with van der Waals surface area (Å²) >= 11 is 0. The number of aliphatic hydroxyl groups is 1. The fourth-order valence-electron chi connectivity index (χ4n) is 2.85. The van der Waals surface area contributed by atoms with E-state index in [1.165, 1.54) is 7.11 Å². The Morgan fingerprint density at radius 3 is 2.20 bits per heavy atom. The molecule has 1 aliphatic heterocycles. The van der Waals surface area contributed by atoms with Crippen LogP contribution < -0.4 is 9.64 Å². The van der Waals surface area contributed by atoms with Crippen LogP contribution in [-0.4, -0.2) is 24.0 Å². The van der Waals surface area contributed by atoms with Gasteiger partial charge in [-0.2, -0.15) is 0 Å². The van der Waals surface area contributed by atoms with Gasteiger partial charge in [0, 0.05) is 5.56 Å². The standard InChI is InChI=1S/C20H19NO4/c1-12(2)13-8-10-14(11-9-13)21-19(23)17(18(22)20(21)24)15-6-4-5-7-16(15)25-3/h4-12,22H,1-3H3. The van der Waals surface area contributed by atoms with E-state index in [1.54, 1.807) is 36.4 Å². The number of imide groups is 1. The molecule has 128 valence electrons. The third-order valence-electron chi connectivity index (χ3n) is 4.25. The molecule has 0 aliphatic carbocycles. The van der Waals surface area contributed by atoms with Crippen LogP contribution in [0.4, 0.5) is 5.69 Å². The summed E-state index contributed by atoms with van der Waals surface area (Å²) in [7, 11) is 1.47. The molecule has 5 heteroatoms. The van der Waals surface area contributed by atoms with Crippen LogP contribution in [0.2, 0.25) is 0 Å². The van der Waals surface area contributed by atoms with Crippen LogP contribution in [0.15, 0.2) is 54.3 Å². The van der Waals surface area contributed by atoms with E-state index in [9.17, 15) is 14.7 Å². The predicted molar refractivity (Wildman–Crippen MR) is 95.6 cm³/mol. The van der Waals surface area contributed by atoms with Crippen molar-refractivity contribution in [1.82, 2.24) is 0 Å². The molecule has 0 radical (unpaired) electrons. The zero-order chi connectivity index (χ0) is 18.1. The Bertz CT molecular complexity index is 866. The molecular formula is C20H19NO4. The molecule has 5 nitrogen and oxygen atoms in total. The minimum absolute atomic E-state index is 0.0459. The summed E-state index contributed by atoms with van der Waals surface area (Å²) in [6.07, 6.45) is 0. The zero-order valence-electron chi connectivity index (χ0n) is 14.3. The molecule has 2 amide bonds. The maximum atomic E-state index is 12.8. The number of methoxy groups -OCH3 is 1. The first-order chi connectivity index (χ1) is 12.0. The van der Waals surface area contributed by atoms with Gasteiger partial charge in [-0.05, 0) is 29.7 Å². The van der Waals surface area contributed by atoms with Gasteiger partial charge in [0.15, 0.2) is 5.76 Å². The molecule has 0 aromatic heterocycles. The van der Waals surface area contributed by atoms with Crippen molar-refractivity contribution < 1.29 is 19.4 Å². The van der Waals surface area contributed by atoms with E-state index in [0.717, 1.165) is 10.5 Å².